The van der Waals surface area contributed by atoms with Gasteiger partial charge < -0.3 is 10.8 Å². The largest absolute Gasteiger partial charge is 0.508 e. The highest BCUT2D eigenvalue weighted by atomic mass is 16.3. The van der Waals surface area contributed by atoms with E-state index >= 15 is 0 Å². The summed E-state index contributed by atoms with van der Waals surface area (Å²) < 4.78 is 0. The molecule has 1 saturated carbocycles. The van der Waals surface area contributed by atoms with Gasteiger partial charge in [-0.25, -0.2) is 0 Å². The Kier molecular flexibility index (Phi) is 3.49. The van der Waals surface area contributed by atoms with Gasteiger partial charge in [-0.2, -0.15) is 0 Å². The van der Waals surface area contributed by atoms with Crippen LogP contribution in [0.25, 0.3) is 0 Å². The van der Waals surface area contributed by atoms with Crippen molar-refractivity contribution in [3.63, 3.8) is 0 Å². The number of phenolic OH excluding ortho intramolecular Hbond substituents is 1. The standard InChI is InChI=1S/C14H21NO/c1-10(15)11-2-4-12(5-3-11)13-6-8-14(16)9-7-13/h6-12,16H,2-5,15H2,1H3/t10-,11?,12?/m0/s1. The number of phenols is 1. The normalized spacial score (nSPS) is 27.6. The first-order valence-corrected chi connectivity index (χ1v) is 6.21. The van der Waals surface area contributed by atoms with Crippen LogP contribution < -0.4 is 5.73 Å². The van der Waals surface area contributed by atoms with Crippen molar-refractivity contribution in [3.05, 3.63) is 29.8 Å². The lowest BCUT2D eigenvalue weighted by Crippen LogP contribution is -2.29. The van der Waals surface area contributed by atoms with Crippen LogP contribution in [0.3, 0.4) is 0 Å². The average Bonchev–Trinajstić information content (AvgIpc) is 2.30. The molecule has 3 N–H and O–H groups in total. The summed E-state index contributed by atoms with van der Waals surface area (Å²) in [5.74, 6) is 1.72. The van der Waals surface area contributed by atoms with Crippen molar-refractivity contribution in [2.75, 3.05) is 0 Å². The quantitative estimate of drug-likeness (QED) is 0.803. The van der Waals surface area contributed by atoms with Crippen molar-refractivity contribution < 1.29 is 5.11 Å². The second kappa shape index (κ2) is 4.88. The zero-order valence-corrected chi connectivity index (χ0v) is 9.89. The molecule has 1 aliphatic carbocycles. The van der Waals surface area contributed by atoms with E-state index in [0.717, 1.165) is 0 Å². The third kappa shape index (κ3) is 2.56. The van der Waals surface area contributed by atoms with E-state index in [9.17, 15) is 5.11 Å². The summed E-state index contributed by atoms with van der Waals surface area (Å²) in [4.78, 5) is 0. The van der Waals surface area contributed by atoms with Gasteiger partial charge in [-0.1, -0.05) is 12.1 Å². The van der Waals surface area contributed by atoms with Gasteiger partial charge in [0, 0.05) is 6.04 Å². The molecule has 2 nitrogen and oxygen atoms in total. The number of nitrogens with two attached hydrogens (primary N) is 1. The molecule has 1 aliphatic rings. The highest BCUT2D eigenvalue weighted by molar-refractivity contribution is 5.28. The van der Waals surface area contributed by atoms with E-state index in [-0.39, 0.29) is 0 Å². The van der Waals surface area contributed by atoms with Gasteiger partial charge in [0.25, 0.3) is 0 Å². The Morgan fingerprint density at radius 2 is 1.69 bits per heavy atom. The molecule has 0 saturated heterocycles. The molecule has 88 valence electrons. The molecular formula is C14H21NO. The summed E-state index contributed by atoms with van der Waals surface area (Å²) in [5.41, 5.74) is 7.30. The van der Waals surface area contributed by atoms with Gasteiger partial charge in [-0.05, 0) is 62.1 Å². The van der Waals surface area contributed by atoms with E-state index < -0.39 is 0 Å². The number of hydrogen-bond donors (Lipinski definition) is 2. The minimum absolute atomic E-state index is 0.334. The van der Waals surface area contributed by atoms with Crippen LogP contribution in [-0.2, 0) is 0 Å². The average molecular weight is 219 g/mol. The van der Waals surface area contributed by atoms with Crippen LogP contribution in [0.5, 0.6) is 5.75 Å². The van der Waals surface area contributed by atoms with Gasteiger partial charge in [0.1, 0.15) is 5.75 Å². The summed E-state index contributed by atoms with van der Waals surface area (Å²) in [7, 11) is 0. The molecular weight excluding hydrogens is 198 g/mol. The second-order valence-electron chi connectivity index (χ2n) is 5.06. The van der Waals surface area contributed by atoms with Crippen molar-refractivity contribution in [2.45, 2.75) is 44.6 Å². The van der Waals surface area contributed by atoms with E-state index in [0.29, 0.717) is 23.6 Å². The van der Waals surface area contributed by atoms with Gasteiger partial charge in [-0.15, -0.1) is 0 Å². The van der Waals surface area contributed by atoms with Crippen molar-refractivity contribution >= 4 is 0 Å². The number of hydrogen-bond acceptors (Lipinski definition) is 2. The van der Waals surface area contributed by atoms with Gasteiger partial charge in [0.05, 0.1) is 0 Å². The molecule has 2 heteroatoms. The molecule has 0 spiro atoms. The molecule has 0 unspecified atom stereocenters. The SMILES string of the molecule is C[C@H](N)C1CCC(c2ccc(O)cc2)CC1. The highest BCUT2D eigenvalue weighted by Gasteiger charge is 2.24. The summed E-state index contributed by atoms with van der Waals surface area (Å²) in [5, 5.41) is 9.25. The highest BCUT2D eigenvalue weighted by Crippen LogP contribution is 2.36. The Morgan fingerprint density at radius 3 is 2.19 bits per heavy atom. The Morgan fingerprint density at radius 1 is 1.12 bits per heavy atom. The predicted octanol–water partition coefficient (Wildman–Crippen LogP) is 3.01. The molecule has 1 atom stereocenters. The second-order valence-corrected chi connectivity index (χ2v) is 5.06. The first-order valence-electron chi connectivity index (χ1n) is 6.21. The molecule has 1 aromatic carbocycles. The van der Waals surface area contributed by atoms with Crippen LogP contribution in [0, 0.1) is 5.92 Å². The van der Waals surface area contributed by atoms with Crippen LogP contribution in [0.15, 0.2) is 24.3 Å². The van der Waals surface area contributed by atoms with E-state index in [2.05, 4.69) is 6.92 Å². The Bertz CT molecular complexity index is 323. The fraction of sp³-hybridized carbons (Fsp3) is 0.571. The molecule has 0 radical (unpaired) electrons. The lowest BCUT2D eigenvalue weighted by atomic mass is 9.76. The van der Waals surface area contributed by atoms with Crippen molar-refractivity contribution in [1.29, 1.82) is 0 Å². The minimum atomic E-state index is 0.334. The topological polar surface area (TPSA) is 46.2 Å². The lowest BCUT2D eigenvalue weighted by Gasteiger charge is -2.30. The fourth-order valence-electron chi connectivity index (χ4n) is 2.72. The Labute approximate surface area is 97.5 Å². The molecule has 1 fully saturated rings. The van der Waals surface area contributed by atoms with Crippen molar-refractivity contribution in [1.82, 2.24) is 0 Å². The fourth-order valence-corrected chi connectivity index (χ4v) is 2.72. The molecule has 0 heterocycles. The predicted molar refractivity (Wildman–Crippen MR) is 66.5 cm³/mol. The third-order valence-electron chi connectivity index (χ3n) is 3.88. The monoisotopic (exact) mass is 219 g/mol. The van der Waals surface area contributed by atoms with E-state index in [4.69, 9.17) is 5.73 Å². The van der Waals surface area contributed by atoms with Crippen molar-refractivity contribution in [2.24, 2.45) is 11.7 Å². The molecule has 0 amide bonds. The lowest BCUT2D eigenvalue weighted by molar-refractivity contribution is 0.291. The molecule has 16 heavy (non-hydrogen) atoms. The summed E-state index contributed by atoms with van der Waals surface area (Å²) in [6.07, 6.45) is 4.94. The summed E-state index contributed by atoms with van der Waals surface area (Å²) in [6, 6.07) is 8.00. The van der Waals surface area contributed by atoms with Crippen LogP contribution in [0.2, 0.25) is 0 Å². The smallest absolute Gasteiger partial charge is 0.115 e. The van der Waals surface area contributed by atoms with E-state index in [1.807, 2.05) is 12.1 Å². The minimum Gasteiger partial charge on any atom is -0.508 e. The molecule has 0 bridgehead atoms. The maximum Gasteiger partial charge on any atom is 0.115 e. The van der Waals surface area contributed by atoms with E-state index in [1.165, 1.54) is 31.2 Å². The first kappa shape index (κ1) is 11.5. The van der Waals surface area contributed by atoms with Crippen LogP contribution in [-0.4, -0.2) is 11.1 Å². The number of benzene rings is 1. The van der Waals surface area contributed by atoms with Crippen LogP contribution >= 0.6 is 0 Å². The maximum atomic E-state index is 9.25. The molecule has 0 aliphatic heterocycles. The van der Waals surface area contributed by atoms with E-state index in [1.54, 1.807) is 12.1 Å². The van der Waals surface area contributed by atoms with Gasteiger partial charge >= 0.3 is 0 Å². The van der Waals surface area contributed by atoms with Gasteiger partial charge in [-0.3, -0.25) is 0 Å². The maximum absolute atomic E-state index is 9.25. The molecule has 1 aromatic rings. The Balaban J connectivity index is 1.96. The first-order chi connectivity index (χ1) is 7.66. The van der Waals surface area contributed by atoms with Crippen LogP contribution in [0.4, 0.5) is 0 Å². The summed E-state index contributed by atoms with van der Waals surface area (Å²) in [6.45, 7) is 2.12. The Hall–Kier alpha value is -1.02. The third-order valence-corrected chi connectivity index (χ3v) is 3.88. The van der Waals surface area contributed by atoms with Gasteiger partial charge in [0.15, 0.2) is 0 Å². The summed E-state index contributed by atoms with van der Waals surface area (Å²) >= 11 is 0. The zero-order valence-electron chi connectivity index (χ0n) is 9.89. The molecule has 0 aromatic heterocycles. The van der Waals surface area contributed by atoms with Crippen LogP contribution in [0.1, 0.15) is 44.1 Å². The van der Waals surface area contributed by atoms with Crippen molar-refractivity contribution in [3.8, 4) is 5.75 Å². The zero-order chi connectivity index (χ0) is 11.5. The molecule has 2 rings (SSSR count). The number of aromatic hydroxyl groups is 1. The number of rotatable bonds is 2. The van der Waals surface area contributed by atoms with Gasteiger partial charge in [0.2, 0.25) is 0 Å².